The van der Waals surface area contributed by atoms with Crippen molar-refractivity contribution in [2.24, 2.45) is 5.73 Å². The second kappa shape index (κ2) is 7.28. The largest absolute Gasteiger partial charge is 0.337 e. The van der Waals surface area contributed by atoms with Crippen LogP contribution in [0.25, 0.3) is 0 Å². The van der Waals surface area contributed by atoms with Gasteiger partial charge in [0.15, 0.2) is 0 Å². The third-order valence-electron chi connectivity index (χ3n) is 2.88. The monoisotopic (exact) mass is 251 g/mol. The van der Waals surface area contributed by atoms with E-state index in [0.29, 0.717) is 12.6 Å². The van der Waals surface area contributed by atoms with Gasteiger partial charge in [0.05, 0.1) is 0 Å². The Bertz CT molecular complexity index is 336. The zero-order chi connectivity index (χ0) is 13.5. The van der Waals surface area contributed by atoms with E-state index in [1.807, 2.05) is 12.4 Å². The molecule has 1 unspecified atom stereocenters. The molecule has 0 bridgehead atoms. The molecule has 1 aromatic rings. The average molecular weight is 251 g/mol. The van der Waals surface area contributed by atoms with Crippen LogP contribution < -0.4 is 10.6 Å². The van der Waals surface area contributed by atoms with E-state index in [1.54, 1.807) is 0 Å². The smallest absolute Gasteiger partial charge is 0.225 e. The zero-order valence-corrected chi connectivity index (χ0v) is 11.9. The van der Waals surface area contributed by atoms with Crippen molar-refractivity contribution in [2.75, 3.05) is 38.6 Å². The lowest BCUT2D eigenvalue weighted by Crippen LogP contribution is -2.41. The molecule has 0 saturated carbocycles. The number of likely N-dealkylation sites (N-methyl/N-ethyl adjacent to an activating group) is 2. The maximum absolute atomic E-state index is 5.52. The molecule has 0 aliphatic heterocycles. The van der Waals surface area contributed by atoms with Crippen molar-refractivity contribution in [3.05, 3.63) is 18.0 Å². The summed E-state index contributed by atoms with van der Waals surface area (Å²) in [5.41, 5.74) is 6.61. The molecule has 0 amide bonds. The Hall–Kier alpha value is -1.20. The van der Waals surface area contributed by atoms with Crippen LogP contribution in [0.15, 0.2) is 12.4 Å². The van der Waals surface area contributed by atoms with Gasteiger partial charge in [0.2, 0.25) is 5.95 Å². The number of hydrogen-bond acceptors (Lipinski definition) is 5. The molecule has 18 heavy (non-hydrogen) atoms. The predicted molar refractivity (Wildman–Crippen MR) is 75.8 cm³/mol. The fourth-order valence-corrected chi connectivity index (χ4v) is 2.07. The molecule has 1 rings (SSSR count). The normalized spacial score (nSPS) is 12.8. The Labute approximate surface area is 110 Å². The maximum Gasteiger partial charge on any atom is 0.225 e. The van der Waals surface area contributed by atoms with Gasteiger partial charge < -0.3 is 15.5 Å². The van der Waals surface area contributed by atoms with Crippen LogP contribution in [0.1, 0.15) is 19.4 Å². The Morgan fingerprint density at radius 1 is 1.28 bits per heavy atom. The number of rotatable bonds is 7. The molecular formula is C13H25N5. The summed E-state index contributed by atoms with van der Waals surface area (Å²) in [5, 5.41) is 0. The van der Waals surface area contributed by atoms with Gasteiger partial charge in [0, 0.05) is 31.5 Å². The molecule has 1 heterocycles. The number of aromatic nitrogens is 2. The van der Waals surface area contributed by atoms with Crippen LogP contribution in [0, 0.1) is 0 Å². The highest BCUT2D eigenvalue weighted by molar-refractivity contribution is 5.31. The van der Waals surface area contributed by atoms with Gasteiger partial charge in [0.1, 0.15) is 0 Å². The Kier molecular flexibility index (Phi) is 6.01. The van der Waals surface area contributed by atoms with E-state index in [9.17, 15) is 0 Å². The van der Waals surface area contributed by atoms with E-state index >= 15 is 0 Å². The standard InChI is InChI=1S/C13H25N5/c1-5-18(11(2)10-17(3)4)13-15-8-12(6-7-14)9-16-13/h8-9,11H,5-7,10,14H2,1-4H3. The maximum atomic E-state index is 5.52. The average Bonchev–Trinajstić information content (AvgIpc) is 2.31. The highest BCUT2D eigenvalue weighted by Gasteiger charge is 2.15. The molecule has 0 aliphatic rings. The van der Waals surface area contributed by atoms with Crippen LogP contribution in [0.5, 0.6) is 0 Å². The fraction of sp³-hybridized carbons (Fsp3) is 0.692. The lowest BCUT2D eigenvalue weighted by molar-refractivity contribution is 0.371. The molecule has 0 fully saturated rings. The first kappa shape index (κ1) is 14.9. The Morgan fingerprint density at radius 3 is 2.33 bits per heavy atom. The second-order valence-corrected chi connectivity index (χ2v) is 4.83. The molecule has 0 spiro atoms. The van der Waals surface area contributed by atoms with Crippen molar-refractivity contribution in [1.82, 2.24) is 14.9 Å². The minimum absolute atomic E-state index is 0.394. The molecule has 0 aromatic carbocycles. The summed E-state index contributed by atoms with van der Waals surface area (Å²) in [6.45, 7) is 6.86. The Balaban J connectivity index is 2.75. The molecule has 0 aliphatic carbocycles. The second-order valence-electron chi connectivity index (χ2n) is 4.83. The van der Waals surface area contributed by atoms with Crippen molar-refractivity contribution >= 4 is 5.95 Å². The van der Waals surface area contributed by atoms with Crippen molar-refractivity contribution in [2.45, 2.75) is 26.3 Å². The molecule has 1 aromatic heterocycles. The predicted octanol–water partition coefficient (Wildman–Crippen LogP) is 0.754. The molecule has 0 saturated heterocycles. The lowest BCUT2D eigenvalue weighted by Gasteiger charge is -2.30. The lowest BCUT2D eigenvalue weighted by atomic mass is 10.2. The molecule has 2 N–H and O–H groups in total. The summed E-state index contributed by atoms with van der Waals surface area (Å²) in [7, 11) is 4.16. The van der Waals surface area contributed by atoms with E-state index in [0.717, 1.165) is 31.0 Å². The minimum atomic E-state index is 0.394. The first-order chi connectivity index (χ1) is 8.58. The molecule has 5 heteroatoms. The van der Waals surface area contributed by atoms with E-state index in [1.165, 1.54) is 0 Å². The van der Waals surface area contributed by atoms with Crippen LogP contribution in [0.2, 0.25) is 0 Å². The van der Waals surface area contributed by atoms with Gasteiger partial charge in [-0.25, -0.2) is 9.97 Å². The molecule has 102 valence electrons. The van der Waals surface area contributed by atoms with Gasteiger partial charge in [-0.3, -0.25) is 0 Å². The van der Waals surface area contributed by atoms with Crippen molar-refractivity contribution in [3.8, 4) is 0 Å². The van der Waals surface area contributed by atoms with Gasteiger partial charge in [0.25, 0.3) is 0 Å². The minimum Gasteiger partial charge on any atom is -0.337 e. The molecule has 5 nitrogen and oxygen atoms in total. The van der Waals surface area contributed by atoms with Gasteiger partial charge in [-0.1, -0.05) is 0 Å². The number of nitrogens with zero attached hydrogens (tertiary/aromatic N) is 4. The molecular weight excluding hydrogens is 226 g/mol. The van der Waals surface area contributed by atoms with Gasteiger partial charge >= 0.3 is 0 Å². The number of nitrogens with two attached hydrogens (primary N) is 1. The summed E-state index contributed by atoms with van der Waals surface area (Å²) < 4.78 is 0. The highest BCUT2D eigenvalue weighted by atomic mass is 15.3. The first-order valence-corrected chi connectivity index (χ1v) is 6.50. The van der Waals surface area contributed by atoms with Crippen LogP contribution in [0.3, 0.4) is 0 Å². The van der Waals surface area contributed by atoms with Crippen LogP contribution in [-0.2, 0) is 6.42 Å². The van der Waals surface area contributed by atoms with Gasteiger partial charge in [-0.05, 0) is 46.5 Å². The third kappa shape index (κ3) is 4.23. The molecule has 1 atom stereocenters. The quantitative estimate of drug-likeness (QED) is 0.775. The topological polar surface area (TPSA) is 58.3 Å². The van der Waals surface area contributed by atoms with E-state index < -0.39 is 0 Å². The third-order valence-corrected chi connectivity index (χ3v) is 2.88. The number of anilines is 1. The summed E-state index contributed by atoms with van der Waals surface area (Å²) in [4.78, 5) is 13.3. The van der Waals surface area contributed by atoms with Crippen LogP contribution >= 0.6 is 0 Å². The summed E-state index contributed by atoms with van der Waals surface area (Å²) in [6, 6.07) is 0.394. The van der Waals surface area contributed by atoms with E-state index in [-0.39, 0.29) is 0 Å². The zero-order valence-electron chi connectivity index (χ0n) is 11.9. The van der Waals surface area contributed by atoms with Crippen molar-refractivity contribution < 1.29 is 0 Å². The van der Waals surface area contributed by atoms with Crippen molar-refractivity contribution in [3.63, 3.8) is 0 Å². The molecule has 0 radical (unpaired) electrons. The van der Waals surface area contributed by atoms with Gasteiger partial charge in [-0.2, -0.15) is 0 Å². The summed E-state index contributed by atoms with van der Waals surface area (Å²) in [5.74, 6) is 0.799. The number of hydrogen-bond donors (Lipinski definition) is 1. The fourth-order valence-electron chi connectivity index (χ4n) is 2.07. The van der Waals surface area contributed by atoms with Gasteiger partial charge in [-0.15, -0.1) is 0 Å². The highest BCUT2D eigenvalue weighted by Crippen LogP contribution is 2.11. The van der Waals surface area contributed by atoms with Crippen molar-refractivity contribution in [1.29, 1.82) is 0 Å². The van der Waals surface area contributed by atoms with Crippen LogP contribution in [0.4, 0.5) is 5.95 Å². The Morgan fingerprint density at radius 2 is 1.89 bits per heavy atom. The van der Waals surface area contributed by atoms with Crippen LogP contribution in [-0.4, -0.2) is 54.6 Å². The van der Waals surface area contributed by atoms with E-state index in [2.05, 4.69) is 47.7 Å². The summed E-state index contributed by atoms with van der Waals surface area (Å²) >= 11 is 0. The first-order valence-electron chi connectivity index (χ1n) is 6.50. The SMILES string of the molecule is CCN(c1ncc(CCN)cn1)C(C)CN(C)C. The summed E-state index contributed by atoms with van der Waals surface area (Å²) in [6.07, 6.45) is 4.58. The van der Waals surface area contributed by atoms with E-state index in [4.69, 9.17) is 5.73 Å².